The minimum atomic E-state index is -3.56. The molecule has 0 bridgehead atoms. The molecular weight excluding hydrogens is 174 g/mol. The molecule has 60 valence electrons. The maximum absolute atomic E-state index is 10.8. The van der Waals surface area contributed by atoms with E-state index in [1.165, 1.54) is 6.92 Å². The fourth-order valence-corrected chi connectivity index (χ4v) is 1.01. The predicted molar refractivity (Wildman–Crippen MR) is 41.3 cm³/mol. The number of hydrogen-bond acceptors (Lipinski definition) is 2. The van der Waals surface area contributed by atoms with Crippen LogP contribution >= 0.6 is 19.2 Å². The summed E-state index contributed by atoms with van der Waals surface area (Å²) in [5.74, 6) is 0.206. The molecule has 3 nitrogen and oxygen atoms in total. The SMILES string of the molecule is C=C(C)P(=O)(O)OCCCl. The molecule has 0 fully saturated rings. The fourth-order valence-electron chi connectivity index (χ4n) is 0.268. The summed E-state index contributed by atoms with van der Waals surface area (Å²) in [5.41, 5.74) is 0. The minimum Gasteiger partial charge on any atom is -0.321 e. The monoisotopic (exact) mass is 184 g/mol. The summed E-state index contributed by atoms with van der Waals surface area (Å²) in [6.07, 6.45) is 0. The summed E-state index contributed by atoms with van der Waals surface area (Å²) in [4.78, 5) is 8.90. The van der Waals surface area contributed by atoms with Crippen molar-refractivity contribution in [2.24, 2.45) is 0 Å². The molecule has 0 aliphatic rings. The normalized spacial score (nSPS) is 16.3. The molecule has 1 atom stereocenters. The average molecular weight is 185 g/mol. The van der Waals surface area contributed by atoms with Crippen LogP contribution in [0.5, 0.6) is 0 Å². The number of rotatable bonds is 4. The van der Waals surface area contributed by atoms with Crippen molar-refractivity contribution in [3.8, 4) is 0 Å². The third-order valence-corrected chi connectivity index (χ3v) is 2.48. The highest BCUT2D eigenvalue weighted by Crippen LogP contribution is 2.49. The number of hydrogen-bond donors (Lipinski definition) is 1. The van der Waals surface area contributed by atoms with Gasteiger partial charge in [-0.3, -0.25) is 4.57 Å². The first kappa shape index (κ1) is 10.2. The van der Waals surface area contributed by atoms with Gasteiger partial charge in [0.1, 0.15) is 0 Å². The van der Waals surface area contributed by atoms with Crippen LogP contribution in [0.2, 0.25) is 0 Å². The van der Waals surface area contributed by atoms with Crippen LogP contribution in [0.1, 0.15) is 6.92 Å². The zero-order valence-corrected chi connectivity index (χ0v) is 7.36. The Balaban J connectivity index is 3.89. The molecule has 10 heavy (non-hydrogen) atoms. The third kappa shape index (κ3) is 3.37. The van der Waals surface area contributed by atoms with Crippen LogP contribution < -0.4 is 0 Å². The Bertz CT molecular complexity index is 168. The Labute approximate surface area is 65.2 Å². The van der Waals surface area contributed by atoms with E-state index in [0.29, 0.717) is 0 Å². The first-order valence-corrected chi connectivity index (χ1v) is 4.81. The Morgan fingerprint density at radius 3 is 2.70 bits per heavy atom. The quantitative estimate of drug-likeness (QED) is 0.537. The van der Waals surface area contributed by atoms with Crippen molar-refractivity contribution in [2.45, 2.75) is 6.92 Å². The van der Waals surface area contributed by atoms with E-state index in [2.05, 4.69) is 11.1 Å². The van der Waals surface area contributed by atoms with Gasteiger partial charge in [-0.15, -0.1) is 11.6 Å². The zero-order valence-electron chi connectivity index (χ0n) is 5.71. The molecule has 0 amide bonds. The lowest BCUT2D eigenvalue weighted by Crippen LogP contribution is -1.93. The molecule has 0 aliphatic heterocycles. The van der Waals surface area contributed by atoms with E-state index in [4.69, 9.17) is 16.5 Å². The third-order valence-electron chi connectivity index (χ3n) is 0.826. The van der Waals surface area contributed by atoms with E-state index in [-0.39, 0.29) is 17.8 Å². The lowest BCUT2D eigenvalue weighted by atomic mass is 10.8. The molecule has 0 aromatic carbocycles. The highest BCUT2D eigenvalue weighted by molar-refractivity contribution is 7.57. The van der Waals surface area contributed by atoms with Gasteiger partial charge >= 0.3 is 7.60 Å². The van der Waals surface area contributed by atoms with E-state index in [9.17, 15) is 4.57 Å². The summed E-state index contributed by atoms with van der Waals surface area (Å²) in [7, 11) is -3.56. The van der Waals surface area contributed by atoms with Crippen LogP contribution in [-0.2, 0) is 9.09 Å². The van der Waals surface area contributed by atoms with Gasteiger partial charge in [-0.05, 0) is 6.92 Å². The van der Waals surface area contributed by atoms with Gasteiger partial charge in [0.25, 0.3) is 0 Å². The smallest absolute Gasteiger partial charge is 0.321 e. The molecule has 0 rings (SSSR count). The van der Waals surface area contributed by atoms with Crippen molar-refractivity contribution in [1.82, 2.24) is 0 Å². The van der Waals surface area contributed by atoms with Gasteiger partial charge in [-0.1, -0.05) is 6.58 Å². The molecule has 1 N–H and O–H groups in total. The molecule has 0 aromatic rings. The van der Waals surface area contributed by atoms with E-state index in [1.54, 1.807) is 0 Å². The Kier molecular flexibility index (Phi) is 4.22. The lowest BCUT2D eigenvalue weighted by Gasteiger charge is -2.09. The molecule has 0 aliphatic carbocycles. The molecule has 5 heteroatoms. The highest BCUT2D eigenvalue weighted by Gasteiger charge is 2.19. The van der Waals surface area contributed by atoms with Crippen molar-refractivity contribution >= 4 is 19.2 Å². The fraction of sp³-hybridized carbons (Fsp3) is 0.600. The van der Waals surface area contributed by atoms with Crippen LogP contribution in [0.25, 0.3) is 0 Å². The highest BCUT2D eigenvalue weighted by atomic mass is 35.5. The second kappa shape index (κ2) is 4.14. The van der Waals surface area contributed by atoms with Gasteiger partial charge in [-0.25, -0.2) is 0 Å². The predicted octanol–water partition coefficient (Wildman–Crippen LogP) is 1.96. The standard InChI is InChI=1S/C5H10ClO3P/c1-5(2)10(7,8)9-4-3-6/h1,3-4H2,2H3,(H,7,8). The molecule has 0 saturated heterocycles. The van der Waals surface area contributed by atoms with Gasteiger partial charge < -0.3 is 9.42 Å². The Hall–Kier alpha value is 0.180. The Morgan fingerprint density at radius 2 is 2.40 bits per heavy atom. The molecular formula is C5H10ClO3P. The Morgan fingerprint density at radius 1 is 1.90 bits per heavy atom. The summed E-state index contributed by atoms with van der Waals surface area (Å²) in [5, 5.41) is 0.137. The maximum Gasteiger partial charge on any atom is 0.353 e. The first-order chi connectivity index (χ1) is 4.50. The largest absolute Gasteiger partial charge is 0.353 e. The van der Waals surface area contributed by atoms with E-state index in [0.717, 1.165) is 0 Å². The van der Waals surface area contributed by atoms with Crippen molar-refractivity contribution in [3.63, 3.8) is 0 Å². The van der Waals surface area contributed by atoms with E-state index < -0.39 is 7.60 Å². The molecule has 0 saturated carbocycles. The minimum absolute atomic E-state index is 0.0716. The summed E-state index contributed by atoms with van der Waals surface area (Å²) in [6, 6.07) is 0. The topological polar surface area (TPSA) is 46.5 Å². The zero-order chi connectivity index (χ0) is 8.20. The first-order valence-electron chi connectivity index (χ1n) is 2.70. The van der Waals surface area contributed by atoms with Crippen LogP contribution in [0.15, 0.2) is 11.9 Å². The summed E-state index contributed by atoms with van der Waals surface area (Å²) < 4.78 is 15.4. The lowest BCUT2D eigenvalue weighted by molar-refractivity contribution is 0.282. The van der Waals surface area contributed by atoms with E-state index >= 15 is 0 Å². The van der Waals surface area contributed by atoms with Crippen LogP contribution in [0.3, 0.4) is 0 Å². The summed E-state index contributed by atoms with van der Waals surface area (Å²) in [6.45, 7) is 4.81. The van der Waals surface area contributed by atoms with Crippen LogP contribution in [-0.4, -0.2) is 17.4 Å². The van der Waals surface area contributed by atoms with Crippen LogP contribution in [0, 0.1) is 0 Å². The van der Waals surface area contributed by atoms with Gasteiger partial charge in [-0.2, -0.15) is 0 Å². The van der Waals surface area contributed by atoms with E-state index in [1.807, 2.05) is 0 Å². The average Bonchev–Trinajstić information content (AvgIpc) is 1.84. The molecule has 0 aromatic heterocycles. The van der Waals surface area contributed by atoms with Crippen molar-refractivity contribution < 1.29 is 14.0 Å². The molecule has 0 heterocycles. The number of allylic oxidation sites excluding steroid dienone is 1. The summed E-state index contributed by atoms with van der Waals surface area (Å²) >= 11 is 5.23. The van der Waals surface area contributed by atoms with Gasteiger partial charge in [0.2, 0.25) is 0 Å². The number of alkyl halides is 1. The molecule has 1 unspecified atom stereocenters. The number of halogens is 1. The van der Waals surface area contributed by atoms with Crippen molar-refractivity contribution in [2.75, 3.05) is 12.5 Å². The maximum atomic E-state index is 10.8. The van der Waals surface area contributed by atoms with Gasteiger partial charge in [0, 0.05) is 11.2 Å². The second-order valence-corrected chi connectivity index (χ2v) is 4.22. The second-order valence-electron chi connectivity index (χ2n) is 1.78. The molecule has 0 radical (unpaired) electrons. The molecule has 0 spiro atoms. The van der Waals surface area contributed by atoms with Crippen molar-refractivity contribution in [1.29, 1.82) is 0 Å². The van der Waals surface area contributed by atoms with Gasteiger partial charge in [0.15, 0.2) is 0 Å². The van der Waals surface area contributed by atoms with Crippen LogP contribution in [0.4, 0.5) is 0 Å². The van der Waals surface area contributed by atoms with Gasteiger partial charge in [0.05, 0.1) is 6.61 Å². The van der Waals surface area contributed by atoms with Crippen molar-refractivity contribution in [3.05, 3.63) is 11.9 Å².